The number of fused-ring (bicyclic) bond motifs is 1. The highest BCUT2D eigenvalue weighted by molar-refractivity contribution is 9.10. The number of nitrogens with one attached hydrogen (secondary N) is 1. The molecule has 0 unspecified atom stereocenters. The fourth-order valence-electron chi connectivity index (χ4n) is 0.962. The number of imidazole rings is 1. The second-order valence-corrected chi connectivity index (χ2v) is 3.17. The standard InChI is InChI=1S/C6H5BrN4O/c1-11-5-4(10-6(11)12)8-2-3(7)9-5/h2H,1H3,(H,8,10,12). The lowest BCUT2D eigenvalue weighted by atomic mass is 10.7. The number of halogens is 1. The lowest BCUT2D eigenvalue weighted by Gasteiger charge is -1.91. The van der Waals surface area contributed by atoms with Crippen molar-refractivity contribution >= 4 is 27.2 Å². The molecule has 0 amide bonds. The molecule has 62 valence electrons. The molecule has 2 heterocycles. The van der Waals surface area contributed by atoms with Crippen molar-refractivity contribution in [1.29, 1.82) is 0 Å². The van der Waals surface area contributed by atoms with Gasteiger partial charge in [-0.3, -0.25) is 9.55 Å². The van der Waals surface area contributed by atoms with Crippen molar-refractivity contribution in [2.75, 3.05) is 0 Å². The summed E-state index contributed by atoms with van der Waals surface area (Å²) in [6.45, 7) is 0. The molecule has 1 N–H and O–H groups in total. The molecular formula is C6H5BrN4O. The first kappa shape index (κ1) is 7.48. The number of aromatic nitrogens is 4. The van der Waals surface area contributed by atoms with Crippen LogP contribution in [0.25, 0.3) is 11.3 Å². The summed E-state index contributed by atoms with van der Waals surface area (Å²) in [7, 11) is 1.64. The van der Waals surface area contributed by atoms with E-state index in [-0.39, 0.29) is 5.69 Å². The molecule has 0 aliphatic heterocycles. The first-order valence-corrected chi connectivity index (χ1v) is 4.05. The van der Waals surface area contributed by atoms with Gasteiger partial charge in [0.25, 0.3) is 0 Å². The van der Waals surface area contributed by atoms with E-state index < -0.39 is 0 Å². The molecule has 0 aromatic carbocycles. The van der Waals surface area contributed by atoms with E-state index in [0.29, 0.717) is 15.9 Å². The third kappa shape index (κ3) is 0.953. The molecule has 0 saturated carbocycles. The molecule has 2 aromatic rings. The summed E-state index contributed by atoms with van der Waals surface area (Å²) in [6, 6.07) is 0. The van der Waals surface area contributed by atoms with Crippen molar-refractivity contribution in [2.45, 2.75) is 0 Å². The van der Waals surface area contributed by atoms with Crippen LogP contribution in [0.5, 0.6) is 0 Å². The predicted octanol–water partition coefficient (Wildman–Crippen LogP) is 0.419. The van der Waals surface area contributed by atoms with Crippen molar-refractivity contribution < 1.29 is 0 Å². The average molecular weight is 229 g/mol. The highest BCUT2D eigenvalue weighted by Gasteiger charge is 2.04. The second-order valence-electron chi connectivity index (χ2n) is 2.35. The first-order valence-electron chi connectivity index (χ1n) is 3.26. The predicted molar refractivity (Wildman–Crippen MR) is 46.8 cm³/mol. The largest absolute Gasteiger partial charge is 0.328 e. The Hall–Kier alpha value is -1.17. The Labute approximate surface area is 75.6 Å². The minimum absolute atomic E-state index is 0.205. The van der Waals surface area contributed by atoms with Gasteiger partial charge in [-0.15, -0.1) is 0 Å². The third-order valence-electron chi connectivity index (χ3n) is 1.57. The Bertz CT molecular complexity index is 486. The van der Waals surface area contributed by atoms with Gasteiger partial charge < -0.3 is 0 Å². The van der Waals surface area contributed by atoms with E-state index in [1.165, 1.54) is 10.8 Å². The molecular weight excluding hydrogens is 224 g/mol. The maximum absolute atomic E-state index is 11.1. The van der Waals surface area contributed by atoms with Crippen LogP contribution < -0.4 is 5.69 Å². The summed E-state index contributed by atoms with van der Waals surface area (Å²) in [5.41, 5.74) is 0.850. The van der Waals surface area contributed by atoms with Gasteiger partial charge in [0.2, 0.25) is 0 Å². The van der Waals surface area contributed by atoms with Crippen molar-refractivity contribution in [3.63, 3.8) is 0 Å². The van der Waals surface area contributed by atoms with E-state index in [4.69, 9.17) is 0 Å². The number of aryl methyl sites for hydroxylation is 1. The third-order valence-corrected chi connectivity index (χ3v) is 1.95. The Kier molecular flexibility index (Phi) is 1.50. The highest BCUT2D eigenvalue weighted by Crippen LogP contribution is 2.07. The zero-order valence-electron chi connectivity index (χ0n) is 6.21. The molecule has 0 atom stereocenters. The number of nitrogens with zero attached hydrogens (tertiary/aromatic N) is 3. The normalized spacial score (nSPS) is 10.8. The molecule has 12 heavy (non-hydrogen) atoms. The Balaban J connectivity index is 2.98. The Morgan fingerprint density at radius 1 is 1.67 bits per heavy atom. The molecule has 6 heteroatoms. The van der Waals surface area contributed by atoms with Crippen LogP contribution in [-0.2, 0) is 7.05 Å². The van der Waals surface area contributed by atoms with E-state index in [1.807, 2.05) is 0 Å². The second kappa shape index (κ2) is 2.41. The van der Waals surface area contributed by atoms with Gasteiger partial charge in [0.1, 0.15) is 4.60 Å². The molecule has 0 bridgehead atoms. The van der Waals surface area contributed by atoms with E-state index >= 15 is 0 Å². The first-order chi connectivity index (χ1) is 5.68. The van der Waals surface area contributed by atoms with E-state index in [1.54, 1.807) is 7.05 Å². The molecule has 0 saturated heterocycles. The van der Waals surface area contributed by atoms with Gasteiger partial charge in [0.05, 0.1) is 6.20 Å². The summed E-state index contributed by atoms with van der Waals surface area (Å²) in [5.74, 6) is 0. The van der Waals surface area contributed by atoms with Crippen molar-refractivity contribution in [1.82, 2.24) is 19.5 Å². The lowest BCUT2D eigenvalue weighted by Crippen LogP contribution is -2.12. The number of hydrogen-bond donors (Lipinski definition) is 1. The molecule has 0 spiro atoms. The van der Waals surface area contributed by atoms with Gasteiger partial charge in [0, 0.05) is 7.05 Å². The summed E-state index contributed by atoms with van der Waals surface area (Å²) in [6.07, 6.45) is 1.54. The van der Waals surface area contributed by atoms with Gasteiger partial charge in [-0.25, -0.2) is 14.8 Å². The van der Waals surface area contributed by atoms with Crippen LogP contribution in [0.3, 0.4) is 0 Å². The zero-order chi connectivity index (χ0) is 8.72. The van der Waals surface area contributed by atoms with Crippen LogP contribution in [-0.4, -0.2) is 19.5 Å². The van der Waals surface area contributed by atoms with Crippen molar-refractivity contribution in [3.8, 4) is 0 Å². The van der Waals surface area contributed by atoms with Gasteiger partial charge in [-0.2, -0.15) is 0 Å². The van der Waals surface area contributed by atoms with Gasteiger partial charge in [-0.05, 0) is 15.9 Å². The maximum Gasteiger partial charge on any atom is 0.328 e. The van der Waals surface area contributed by atoms with E-state index in [2.05, 4.69) is 30.9 Å². The van der Waals surface area contributed by atoms with Gasteiger partial charge in [0.15, 0.2) is 11.3 Å². The monoisotopic (exact) mass is 228 g/mol. The topological polar surface area (TPSA) is 63.6 Å². The molecule has 0 aliphatic carbocycles. The smallest absolute Gasteiger partial charge is 0.289 e. The summed E-state index contributed by atoms with van der Waals surface area (Å²) in [4.78, 5) is 21.7. The van der Waals surface area contributed by atoms with Crippen LogP contribution >= 0.6 is 15.9 Å². The fourth-order valence-corrected chi connectivity index (χ4v) is 1.23. The number of hydrogen-bond acceptors (Lipinski definition) is 3. The van der Waals surface area contributed by atoms with E-state index in [0.717, 1.165) is 0 Å². The lowest BCUT2D eigenvalue weighted by molar-refractivity contribution is 0.877. The van der Waals surface area contributed by atoms with E-state index in [9.17, 15) is 4.79 Å². The van der Waals surface area contributed by atoms with Crippen LogP contribution in [0, 0.1) is 0 Å². The highest BCUT2D eigenvalue weighted by atomic mass is 79.9. The van der Waals surface area contributed by atoms with Crippen LogP contribution in [0.4, 0.5) is 0 Å². The molecule has 0 radical (unpaired) electrons. The van der Waals surface area contributed by atoms with Crippen LogP contribution in [0.15, 0.2) is 15.6 Å². The molecule has 0 fully saturated rings. The maximum atomic E-state index is 11.1. The molecule has 0 aliphatic rings. The SMILES string of the molecule is Cn1c(=O)[nH]c2ncc(Br)nc21. The fraction of sp³-hybridized carbons (Fsp3) is 0.167. The molecule has 2 rings (SSSR count). The molecule has 5 nitrogen and oxygen atoms in total. The Morgan fingerprint density at radius 2 is 2.42 bits per heavy atom. The Morgan fingerprint density at radius 3 is 3.17 bits per heavy atom. The minimum Gasteiger partial charge on any atom is -0.289 e. The van der Waals surface area contributed by atoms with Crippen LogP contribution in [0.2, 0.25) is 0 Å². The van der Waals surface area contributed by atoms with Crippen LogP contribution in [0.1, 0.15) is 0 Å². The van der Waals surface area contributed by atoms with Gasteiger partial charge >= 0.3 is 5.69 Å². The summed E-state index contributed by atoms with van der Waals surface area (Å²) < 4.78 is 2.03. The van der Waals surface area contributed by atoms with Gasteiger partial charge in [-0.1, -0.05) is 0 Å². The summed E-state index contributed by atoms with van der Waals surface area (Å²) in [5, 5.41) is 0. The minimum atomic E-state index is -0.205. The number of H-pyrrole nitrogens is 1. The average Bonchev–Trinajstić information content (AvgIpc) is 2.31. The van der Waals surface area contributed by atoms with Crippen molar-refractivity contribution in [3.05, 3.63) is 21.3 Å². The number of rotatable bonds is 0. The van der Waals surface area contributed by atoms with Crippen molar-refractivity contribution in [2.24, 2.45) is 7.05 Å². The number of aromatic amines is 1. The quantitative estimate of drug-likeness (QED) is 0.711. The zero-order valence-corrected chi connectivity index (χ0v) is 7.79. The molecule has 2 aromatic heterocycles. The summed E-state index contributed by atoms with van der Waals surface area (Å²) >= 11 is 3.17.